The largest absolute Gasteiger partial charge is 0.309 e. The molecule has 0 spiro atoms. The minimum atomic E-state index is 0.601. The van der Waals surface area contributed by atoms with Crippen LogP contribution in [-0.4, -0.2) is 31.6 Å². The van der Waals surface area contributed by atoms with E-state index in [0.29, 0.717) is 6.04 Å². The highest BCUT2D eigenvalue weighted by Crippen LogP contribution is 2.36. The monoisotopic (exact) mass is 364 g/mol. The van der Waals surface area contributed by atoms with Crippen molar-refractivity contribution in [3.8, 4) is 0 Å². The second-order valence-electron chi connectivity index (χ2n) is 4.72. The number of hydrogen-bond donors (Lipinski definition) is 1. The Morgan fingerprint density at radius 2 is 2.41 bits per heavy atom. The SMILES string of the molecule is CCN(C)CCNC1CCCc2sc(I)cc21. The zero-order chi connectivity index (χ0) is 12.3. The van der Waals surface area contributed by atoms with Crippen molar-refractivity contribution in [1.82, 2.24) is 10.2 Å². The molecule has 1 aliphatic carbocycles. The van der Waals surface area contributed by atoms with Crippen LogP contribution in [0.25, 0.3) is 0 Å². The number of rotatable bonds is 5. The Bertz CT molecular complexity index is 364. The first-order valence-corrected chi connectivity index (χ1v) is 8.30. The lowest BCUT2D eigenvalue weighted by atomic mass is 9.94. The molecule has 0 amide bonds. The molecule has 0 fully saturated rings. The fraction of sp³-hybridized carbons (Fsp3) is 0.692. The van der Waals surface area contributed by atoms with E-state index >= 15 is 0 Å². The molecular formula is C13H21IN2S. The molecule has 4 heteroatoms. The third kappa shape index (κ3) is 3.66. The van der Waals surface area contributed by atoms with Crippen LogP contribution in [0.4, 0.5) is 0 Å². The van der Waals surface area contributed by atoms with Crippen molar-refractivity contribution in [2.45, 2.75) is 32.2 Å². The minimum absolute atomic E-state index is 0.601. The van der Waals surface area contributed by atoms with Crippen molar-refractivity contribution in [1.29, 1.82) is 0 Å². The molecule has 0 saturated carbocycles. The molecule has 0 aliphatic heterocycles. The summed E-state index contributed by atoms with van der Waals surface area (Å²) in [5, 5.41) is 3.72. The van der Waals surface area contributed by atoms with Crippen molar-refractivity contribution in [2.75, 3.05) is 26.7 Å². The first kappa shape index (κ1) is 13.8. The summed E-state index contributed by atoms with van der Waals surface area (Å²) < 4.78 is 1.44. The summed E-state index contributed by atoms with van der Waals surface area (Å²) in [6.07, 6.45) is 3.93. The van der Waals surface area contributed by atoms with Crippen molar-refractivity contribution < 1.29 is 0 Å². The van der Waals surface area contributed by atoms with E-state index in [4.69, 9.17) is 0 Å². The Morgan fingerprint density at radius 3 is 3.18 bits per heavy atom. The van der Waals surface area contributed by atoms with Gasteiger partial charge in [-0.15, -0.1) is 11.3 Å². The molecule has 1 unspecified atom stereocenters. The minimum Gasteiger partial charge on any atom is -0.309 e. The van der Waals surface area contributed by atoms with Gasteiger partial charge in [0.2, 0.25) is 0 Å². The third-order valence-electron chi connectivity index (χ3n) is 3.51. The molecule has 0 bridgehead atoms. The van der Waals surface area contributed by atoms with Gasteiger partial charge in [-0.3, -0.25) is 0 Å². The van der Waals surface area contributed by atoms with Gasteiger partial charge in [0.25, 0.3) is 0 Å². The number of aryl methyl sites for hydroxylation is 1. The predicted molar refractivity (Wildman–Crippen MR) is 83.9 cm³/mol. The highest BCUT2D eigenvalue weighted by Gasteiger charge is 2.21. The molecule has 96 valence electrons. The van der Waals surface area contributed by atoms with Crippen LogP contribution in [0.1, 0.15) is 36.2 Å². The normalized spacial score (nSPS) is 19.6. The smallest absolute Gasteiger partial charge is 0.0659 e. The van der Waals surface area contributed by atoms with Crippen LogP contribution in [0.2, 0.25) is 0 Å². The fourth-order valence-electron chi connectivity index (χ4n) is 2.32. The Hall–Kier alpha value is 0.350. The zero-order valence-electron chi connectivity index (χ0n) is 10.6. The fourth-order valence-corrected chi connectivity index (χ4v) is 4.44. The van der Waals surface area contributed by atoms with E-state index in [1.54, 1.807) is 10.4 Å². The van der Waals surface area contributed by atoms with Crippen LogP contribution in [0.3, 0.4) is 0 Å². The summed E-state index contributed by atoms with van der Waals surface area (Å²) in [6, 6.07) is 2.98. The van der Waals surface area contributed by atoms with Gasteiger partial charge in [-0.1, -0.05) is 6.92 Å². The van der Waals surface area contributed by atoms with Gasteiger partial charge >= 0.3 is 0 Å². The first-order valence-electron chi connectivity index (χ1n) is 6.40. The lowest BCUT2D eigenvalue weighted by Gasteiger charge is -2.25. The van der Waals surface area contributed by atoms with E-state index in [0.717, 1.165) is 19.6 Å². The Morgan fingerprint density at radius 1 is 1.59 bits per heavy atom. The van der Waals surface area contributed by atoms with E-state index in [2.05, 4.69) is 52.8 Å². The van der Waals surface area contributed by atoms with E-state index in [1.807, 2.05) is 11.3 Å². The summed E-state index contributed by atoms with van der Waals surface area (Å²) in [5.41, 5.74) is 1.57. The molecule has 1 heterocycles. The molecule has 17 heavy (non-hydrogen) atoms. The summed E-state index contributed by atoms with van der Waals surface area (Å²) >= 11 is 4.42. The number of fused-ring (bicyclic) bond motifs is 1. The second kappa shape index (κ2) is 6.50. The average Bonchev–Trinajstić information content (AvgIpc) is 2.70. The topological polar surface area (TPSA) is 15.3 Å². The van der Waals surface area contributed by atoms with Crippen LogP contribution < -0.4 is 5.32 Å². The van der Waals surface area contributed by atoms with Crippen molar-refractivity contribution in [3.05, 3.63) is 19.4 Å². The average molecular weight is 364 g/mol. The van der Waals surface area contributed by atoms with Gasteiger partial charge in [-0.25, -0.2) is 0 Å². The summed E-state index contributed by atoms with van der Waals surface area (Å²) in [5.74, 6) is 0. The molecule has 1 aromatic rings. The number of halogens is 1. The van der Waals surface area contributed by atoms with Gasteiger partial charge in [0.15, 0.2) is 0 Å². The second-order valence-corrected chi connectivity index (χ2v) is 7.75. The van der Waals surface area contributed by atoms with E-state index in [9.17, 15) is 0 Å². The van der Waals surface area contributed by atoms with E-state index in [1.165, 1.54) is 22.1 Å². The van der Waals surface area contributed by atoms with Gasteiger partial charge in [-0.05, 0) is 67.1 Å². The number of thiophene rings is 1. The number of likely N-dealkylation sites (N-methyl/N-ethyl adjacent to an activating group) is 1. The van der Waals surface area contributed by atoms with Crippen molar-refractivity contribution in [3.63, 3.8) is 0 Å². The number of nitrogens with one attached hydrogen (secondary N) is 1. The molecule has 0 radical (unpaired) electrons. The number of nitrogens with zero attached hydrogens (tertiary/aromatic N) is 1. The Kier molecular flexibility index (Phi) is 5.26. The van der Waals surface area contributed by atoms with Gasteiger partial charge in [0.1, 0.15) is 0 Å². The van der Waals surface area contributed by atoms with E-state index < -0.39 is 0 Å². The molecule has 0 aromatic carbocycles. The Balaban J connectivity index is 1.90. The predicted octanol–water partition coefficient (Wildman–Crippen LogP) is 3.27. The highest BCUT2D eigenvalue weighted by atomic mass is 127. The van der Waals surface area contributed by atoms with Gasteiger partial charge in [0, 0.05) is 24.0 Å². The maximum absolute atomic E-state index is 3.72. The molecule has 1 aliphatic rings. The van der Waals surface area contributed by atoms with Crippen LogP contribution in [0, 0.1) is 2.88 Å². The maximum Gasteiger partial charge on any atom is 0.0659 e. The van der Waals surface area contributed by atoms with Crippen LogP contribution >= 0.6 is 33.9 Å². The molecule has 1 aromatic heterocycles. The van der Waals surface area contributed by atoms with Gasteiger partial charge in [-0.2, -0.15) is 0 Å². The highest BCUT2D eigenvalue weighted by molar-refractivity contribution is 14.1. The standard InChI is InChI=1S/C13H21IN2S/c1-3-16(2)8-7-15-11-5-4-6-12-10(11)9-13(14)17-12/h9,11,15H,3-8H2,1-2H3. The molecule has 0 saturated heterocycles. The van der Waals surface area contributed by atoms with Crippen LogP contribution in [-0.2, 0) is 6.42 Å². The zero-order valence-corrected chi connectivity index (χ0v) is 13.6. The number of hydrogen-bond acceptors (Lipinski definition) is 3. The molecular weight excluding hydrogens is 343 g/mol. The molecule has 2 rings (SSSR count). The van der Waals surface area contributed by atoms with E-state index in [-0.39, 0.29) is 0 Å². The maximum atomic E-state index is 3.72. The summed E-state index contributed by atoms with van der Waals surface area (Å²) in [6.45, 7) is 5.58. The lowest BCUT2D eigenvalue weighted by molar-refractivity contribution is 0.334. The first-order chi connectivity index (χ1) is 8.20. The molecule has 2 nitrogen and oxygen atoms in total. The van der Waals surface area contributed by atoms with Gasteiger partial charge in [0.05, 0.1) is 2.88 Å². The van der Waals surface area contributed by atoms with Crippen molar-refractivity contribution in [2.24, 2.45) is 0 Å². The molecule has 1 N–H and O–H groups in total. The Labute approximate surface area is 122 Å². The van der Waals surface area contributed by atoms with Crippen LogP contribution in [0.5, 0.6) is 0 Å². The van der Waals surface area contributed by atoms with Gasteiger partial charge < -0.3 is 10.2 Å². The molecule has 1 atom stereocenters. The third-order valence-corrected chi connectivity index (χ3v) is 5.48. The quantitative estimate of drug-likeness (QED) is 0.807. The summed E-state index contributed by atoms with van der Waals surface area (Å²) in [7, 11) is 2.18. The van der Waals surface area contributed by atoms with Crippen molar-refractivity contribution >= 4 is 33.9 Å². The van der Waals surface area contributed by atoms with Crippen LogP contribution in [0.15, 0.2) is 6.07 Å². The summed E-state index contributed by atoms with van der Waals surface area (Å²) in [4.78, 5) is 3.97. The lowest BCUT2D eigenvalue weighted by Crippen LogP contribution is -2.32.